The fourth-order valence-corrected chi connectivity index (χ4v) is 1.65. The number of halogens is 1. The standard InChI is InChI=1S/C10H14ClN7O2/c1-10(2,3)20-9(19)17-16-8-14-6(11)5-7(15-8)18(12)4-13-5/h13H,4,12H2,1-3H3. The van der Waals surface area contributed by atoms with Gasteiger partial charge in [-0.3, -0.25) is 5.01 Å². The molecule has 1 amide bonds. The molecule has 0 bridgehead atoms. The molecule has 0 radical (unpaired) electrons. The Morgan fingerprint density at radius 3 is 2.85 bits per heavy atom. The van der Waals surface area contributed by atoms with Gasteiger partial charge in [0.25, 0.3) is 5.95 Å². The molecule has 108 valence electrons. The Bertz CT molecular complexity index is 569. The number of hydrazine groups is 1. The van der Waals surface area contributed by atoms with Gasteiger partial charge in [-0.2, -0.15) is 9.97 Å². The topological polar surface area (TPSA) is 118 Å². The quantitative estimate of drug-likeness (QED) is 0.463. The Morgan fingerprint density at radius 1 is 1.50 bits per heavy atom. The summed E-state index contributed by atoms with van der Waals surface area (Å²) in [4.78, 5) is 19.3. The molecule has 0 atom stereocenters. The molecular weight excluding hydrogens is 286 g/mol. The number of carbonyl (C=O) groups is 1. The summed E-state index contributed by atoms with van der Waals surface area (Å²) in [5.74, 6) is 6.00. The number of azo groups is 1. The van der Waals surface area contributed by atoms with E-state index in [1.165, 1.54) is 5.01 Å². The number of rotatable bonds is 1. The summed E-state index contributed by atoms with van der Waals surface area (Å²) in [6, 6.07) is 0. The molecule has 0 unspecified atom stereocenters. The van der Waals surface area contributed by atoms with Gasteiger partial charge in [0, 0.05) is 0 Å². The van der Waals surface area contributed by atoms with Crippen molar-refractivity contribution in [2.24, 2.45) is 16.1 Å². The first-order valence-electron chi connectivity index (χ1n) is 5.74. The number of nitrogens with two attached hydrogens (primary N) is 1. The molecule has 0 aliphatic carbocycles. The Kier molecular flexibility index (Phi) is 3.73. The first-order chi connectivity index (χ1) is 9.26. The van der Waals surface area contributed by atoms with E-state index in [0.717, 1.165) is 0 Å². The van der Waals surface area contributed by atoms with E-state index in [1.807, 2.05) is 0 Å². The van der Waals surface area contributed by atoms with E-state index < -0.39 is 11.7 Å². The van der Waals surface area contributed by atoms with Gasteiger partial charge in [0.2, 0.25) is 0 Å². The van der Waals surface area contributed by atoms with Crippen LogP contribution >= 0.6 is 11.6 Å². The number of aromatic nitrogens is 2. The van der Waals surface area contributed by atoms with E-state index >= 15 is 0 Å². The molecule has 1 aliphatic rings. The summed E-state index contributed by atoms with van der Waals surface area (Å²) >= 11 is 5.95. The number of ether oxygens (including phenoxy) is 1. The van der Waals surface area contributed by atoms with Crippen LogP contribution in [0.4, 0.5) is 22.2 Å². The number of fused-ring (bicyclic) bond motifs is 1. The number of amides is 1. The van der Waals surface area contributed by atoms with Crippen molar-refractivity contribution in [3.63, 3.8) is 0 Å². The lowest BCUT2D eigenvalue weighted by Crippen LogP contribution is -2.30. The third-order valence-electron chi connectivity index (χ3n) is 2.15. The number of hydrogen-bond acceptors (Lipinski definition) is 8. The SMILES string of the molecule is CC(C)(C)OC(=O)N=Nc1nc(Cl)c2c(n1)N(N)CN2. The van der Waals surface area contributed by atoms with E-state index in [2.05, 4.69) is 25.5 Å². The normalized spacial score (nSPS) is 14.3. The highest BCUT2D eigenvalue weighted by Gasteiger charge is 2.23. The summed E-state index contributed by atoms with van der Waals surface area (Å²) in [6.45, 7) is 5.53. The molecule has 0 spiro atoms. The second kappa shape index (κ2) is 5.17. The Hall–Kier alpha value is -2.00. The number of nitrogens with one attached hydrogen (secondary N) is 1. The molecule has 1 aliphatic heterocycles. The zero-order valence-electron chi connectivity index (χ0n) is 11.2. The lowest BCUT2D eigenvalue weighted by molar-refractivity contribution is 0.0592. The van der Waals surface area contributed by atoms with Crippen LogP contribution in [-0.4, -0.2) is 28.3 Å². The second-order valence-electron chi connectivity index (χ2n) is 5.00. The minimum Gasteiger partial charge on any atom is -0.441 e. The first kappa shape index (κ1) is 14.4. The number of anilines is 2. The van der Waals surface area contributed by atoms with Crippen molar-refractivity contribution in [1.82, 2.24) is 9.97 Å². The van der Waals surface area contributed by atoms with Gasteiger partial charge < -0.3 is 10.1 Å². The van der Waals surface area contributed by atoms with Crippen LogP contribution in [0.5, 0.6) is 0 Å². The largest absolute Gasteiger partial charge is 0.453 e. The van der Waals surface area contributed by atoms with Gasteiger partial charge >= 0.3 is 6.09 Å². The third-order valence-corrected chi connectivity index (χ3v) is 2.42. The van der Waals surface area contributed by atoms with Crippen LogP contribution in [0.3, 0.4) is 0 Å². The Balaban J connectivity index is 2.17. The molecule has 0 fully saturated rings. The van der Waals surface area contributed by atoms with Gasteiger partial charge in [0.05, 0.1) is 0 Å². The first-order valence-corrected chi connectivity index (χ1v) is 6.12. The summed E-state index contributed by atoms with van der Waals surface area (Å²) < 4.78 is 4.97. The lowest BCUT2D eigenvalue weighted by Gasteiger charge is -2.16. The Morgan fingerprint density at radius 2 is 2.20 bits per heavy atom. The number of nitrogens with zero attached hydrogens (tertiary/aromatic N) is 5. The average Bonchev–Trinajstić information content (AvgIpc) is 2.67. The van der Waals surface area contributed by atoms with Gasteiger partial charge in [-0.05, 0) is 20.8 Å². The third kappa shape index (κ3) is 3.31. The van der Waals surface area contributed by atoms with E-state index in [1.54, 1.807) is 20.8 Å². The number of carbonyl (C=O) groups excluding carboxylic acids is 1. The fraction of sp³-hybridized carbons (Fsp3) is 0.500. The highest BCUT2D eigenvalue weighted by Crippen LogP contribution is 2.34. The predicted molar refractivity (Wildman–Crippen MR) is 72.9 cm³/mol. The molecule has 0 saturated carbocycles. The minimum absolute atomic E-state index is 0.0706. The average molecular weight is 300 g/mol. The van der Waals surface area contributed by atoms with Crippen LogP contribution in [0.1, 0.15) is 20.8 Å². The highest BCUT2D eigenvalue weighted by atomic mass is 35.5. The van der Waals surface area contributed by atoms with Crippen molar-refractivity contribution >= 4 is 35.1 Å². The van der Waals surface area contributed by atoms with Crippen molar-refractivity contribution in [3.05, 3.63) is 5.15 Å². The zero-order chi connectivity index (χ0) is 14.9. The minimum atomic E-state index is -0.833. The lowest BCUT2D eigenvalue weighted by atomic mass is 10.2. The van der Waals surface area contributed by atoms with Crippen LogP contribution in [0.2, 0.25) is 5.15 Å². The van der Waals surface area contributed by atoms with E-state index in [-0.39, 0.29) is 11.1 Å². The van der Waals surface area contributed by atoms with Gasteiger partial charge in [-0.15, -0.1) is 5.11 Å². The molecular formula is C10H14ClN7O2. The zero-order valence-corrected chi connectivity index (χ0v) is 12.0. The maximum atomic E-state index is 11.4. The van der Waals surface area contributed by atoms with Crippen molar-refractivity contribution in [2.45, 2.75) is 26.4 Å². The summed E-state index contributed by atoms with van der Waals surface area (Å²) in [7, 11) is 0. The van der Waals surface area contributed by atoms with Gasteiger partial charge in [0.1, 0.15) is 18.0 Å². The summed E-state index contributed by atoms with van der Waals surface area (Å²) in [6.07, 6.45) is -0.833. The molecule has 2 rings (SSSR count). The maximum Gasteiger partial charge on any atom is 0.453 e. The van der Waals surface area contributed by atoms with Crippen LogP contribution in [-0.2, 0) is 4.74 Å². The van der Waals surface area contributed by atoms with Crippen molar-refractivity contribution < 1.29 is 9.53 Å². The molecule has 1 aromatic rings. The monoisotopic (exact) mass is 299 g/mol. The van der Waals surface area contributed by atoms with Crippen LogP contribution in [0.25, 0.3) is 0 Å². The smallest absolute Gasteiger partial charge is 0.441 e. The van der Waals surface area contributed by atoms with Crippen molar-refractivity contribution in [1.29, 1.82) is 0 Å². The second-order valence-corrected chi connectivity index (χ2v) is 5.36. The molecule has 1 aromatic heterocycles. The van der Waals surface area contributed by atoms with Crippen LogP contribution < -0.4 is 16.2 Å². The highest BCUT2D eigenvalue weighted by molar-refractivity contribution is 6.32. The van der Waals surface area contributed by atoms with Gasteiger partial charge in [0.15, 0.2) is 11.0 Å². The molecule has 3 N–H and O–H groups in total. The fourth-order valence-electron chi connectivity index (χ4n) is 1.42. The van der Waals surface area contributed by atoms with Crippen molar-refractivity contribution in [2.75, 3.05) is 17.0 Å². The predicted octanol–water partition coefficient (Wildman–Crippen LogP) is 2.21. The molecule has 0 saturated heterocycles. The molecule has 9 nitrogen and oxygen atoms in total. The van der Waals surface area contributed by atoms with Gasteiger partial charge in [-0.1, -0.05) is 16.7 Å². The van der Waals surface area contributed by atoms with E-state index in [0.29, 0.717) is 18.2 Å². The number of hydrogen-bond donors (Lipinski definition) is 2. The molecule has 20 heavy (non-hydrogen) atoms. The summed E-state index contributed by atoms with van der Waals surface area (Å²) in [5, 5.41) is 11.4. The molecule has 10 heteroatoms. The Labute approximate surface area is 120 Å². The van der Waals surface area contributed by atoms with Crippen LogP contribution in [0, 0.1) is 0 Å². The molecule has 2 heterocycles. The molecule has 0 aromatic carbocycles. The van der Waals surface area contributed by atoms with Crippen molar-refractivity contribution in [3.8, 4) is 0 Å². The van der Waals surface area contributed by atoms with E-state index in [9.17, 15) is 4.79 Å². The maximum absolute atomic E-state index is 11.4. The summed E-state index contributed by atoms with van der Waals surface area (Å²) in [5.41, 5.74) is -0.129. The van der Waals surface area contributed by atoms with Gasteiger partial charge in [-0.25, -0.2) is 10.6 Å². The van der Waals surface area contributed by atoms with Crippen LogP contribution in [0.15, 0.2) is 10.2 Å². The van der Waals surface area contributed by atoms with E-state index in [4.69, 9.17) is 22.2 Å².